The van der Waals surface area contributed by atoms with Gasteiger partial charge in [0, 0.05) is 16.6 Å². The highest BCUT2D eigenvalue weighted by Gasteiger charge is 2.03. The Morgan fingerprint density at radius 2 is 1.33 bits per heavy atom. The molecule has 92 valence electrons. The minimum atomic E-state index is -0.376. The third-order valence-corrected chi connectivity index (χ3v) is 3.29. The second kappa shape index (κ2) is 5.78. The van der Waals surface area contributed by atoms with Crippen molar-refractivity contribution in [2.75, 3.05) is 0 Å². The van der Waals surface area contributed by atoms with Crippen LogP contribution >= 0.6 is 15.9 Å². The zero-order valence-corrected chi connectivity index (χ0v) is 11.3. The van der Waals surface area contributed by atoms with Gasteiger partial charge in [-0.3, -0.25) is 10.1 Å². The summed E-state index contributed by atoms with van der Waals surface area (Å²) in [6.45, 7) is 0. The minimum Gasteiger partial charge on any atom is -0.258 e. The zero-order chi connectivity index (χ0) is 13.0. The van der Waals surface area contributed by atoms with Crippen molar-refractivity contribution in [2.45, 2.75) is 12.8 Å². The number of benzene rings is 2. The van der Waals surface area contributed by atoms with E-state index in [1.165, 1.54) is 5.56 Å². The van der Waals surface area contributed by atoms with Crippen LogP contribution in [-0.4, -0.2) is 4.92 Å². The van der Waals surface area contributed by atoms with Crippen molar-refractivity contribution in [3.05, 3.63) is 74.2 Å². The molecule has 0 heterocycles. The molecule has 0 radical (unpaired) electrons. The summed E-state index contributed by atoms with van der Waals surface area (Å²) in [5.74, 6) is 0. The first-order valence-corrected chi connectivity index (χ1v) is 6.42. The molecular formula is C14H12BrNO2. The molecular weight excluding hydrogens is 294 g/mol. The van der Waals surface area contributed by atoms with Crippen molar-refractivity contribution >= 4 is 21.6 Å². The molecule has 0 amide bonds. The molecule has 0 aliphatic rings. The van der Waals surface area contributed by atoms with Gasteiger partial charge in [0.15, 0.2) is 0 Å². The van der Waals surface area contributed by atoms with Crippen molar-refractivity contribution in [1.82, 2.24) is 0 Å². The van der Waals surface area contributed by atoms with Gasteiger partial charge in [0.2, 0.25) is 0 Å². The first kappa shape index (κ1) is 12.8. The van der Waals surface area contributed by atoms with Crippen LogP contribution in [0.3, 0.4) is 0 Å². The fraction of sp³-hybridized carbons (Fsp3) is 0.143. The van der Waals surface area contributed by atoms with Gasteiger partial charge >= 0.3 is 0 Å². The van der Waals surface area contributed by atoms with E-state index in [-0.39, 0.29) is 10.6 Å². The summed E-state index contributed by atoms with van der Waals surface area (Å²) < 4.78 is 1.07. The lowest BCUT2D eigenvalue weighted by Gasteiger charge is -2.02. The van der Waals surface area contributed by atoms with E-state index in [2.05, 4.69) is 28.1 Å². The van der Waals surface area contributed by atoms with E-state index in [0.717, 1.165) is 22.9 Å². The van der Waals surface area contributed by atoms with Crippen molar-refractivity contribution in [3.8, 4) is 0 Å². The predicted octanol–water partition coefficient (Wildman–Crippen LogP) is 4.14. The largest absolute Gasteiger partial charge is 0.269 e. The first-order valence-electron chi connectivity index (χ1n) is 5.63. The molecule has 0 atom stereocenters. The van der Waals surface area contributed by atoms with Crippen LogP contribution in [0.25, 0.3) is 0 Å². The molecule has 2 rings (SSSR count). The van der Waals surface area contributed by atoms with Crippen LogP contribution in [-0.2, 0) is 12.8 Å². The van der Waals surface area contributed by atoms with Crippen LogP contribution in [0.15, 0.2) is 53.0 Å². The Morgan fingerprint density at radius 1 is 0.889 bits per heavy atom. The average molecular weight is 306 g/mol. The molecule has 0 saturated heterocycles. The SMILES string of the molecule is O=[N+]([O-])c1ccc(CCc2ccc(Br)cc2)cc1. The maximum absolute atomic E-state index is 10.5. The Morgan fingerprint density at radius 3 is 1.78 bits per heavy atom. The lowest BCUT2D eigenvalue weighted by molar-refractivity contribution is -0.384. The summed E-state index contributed by atoms with van der Waals surface area (Å²) in [6.07, 6.45) is 1.82. The van der Waals surface area contributed by atoms with Crippen molar-refractivity contribution in [3.63, 3.8) is 0 Å². The zero-order valence-electron chi connectivity index (χ0n) is 9.67. The molecule has 0 saturated carbocycles. The lowest BCUT2D eigenvalue weighted by atomic mass is 10.0. The van der Waals surface area contributed by atoms with Gasteiger partial charge in [0.1, 0.15) is 0 Å². The fourth-order valence-electron chi connectivity index (χ4n) is 1.72. The minimum absolute atomic E-state index is 0.141. The Kier molecular flexibility index (Phi) is 4.10. The molecule has 0 aliphatic carbocycles. The highest BCUT2D eigenvalue weighted by atomic mass is 79.9. The quantitative estimate of drug-likeness (QED) is 0.629. The van der Waals surface area contributed by atoms with E-state index >= 15 is 0 Å². The molecule has 0 aliphatic heterocycles. The molecule has 4 heteroatoms. The topological polar surface area (TPSA) is 43.1 Å². The number of hydrogen-bond acceptors (Lipinski definition) is 2. The Labute approximate surface area is 114 Å². The summed E-state index contributed by atoms with van der Waals surface area (Å²) in [4.78, 5) is 10.1. The molecule has 0 fully saturated rings. The highest BCUT2D eigenvalue weighted by molar-refractivity contribution is 9.10. The highest BCUT2D eigenvalue weighted by Crippen LogP contribution is 2.15. The number of non-ortho nitro benzene ring substituents is 1. The maximum atomic E-state index is 10.5. The summed E-state index contributed by atoms with van der Waals surface area (Å²) in [7, 11) is 0. The number of nitrogens with zero attached hydrogens (tertiary/aromatic N) is 1. The predicted molar refractivity (Wildman–Crippen MR) is 74.6 cm³/mol. The molecule has 2 aromatic rings. The Bertz CT molecular complexity index is 535. The van der Waals surface area contributed by atoms with Gasteiger partial charge < -0.3 is 0 Å². The standard InChI is InChI=1S/C14H12BrNO2/c15-13-7-3-11(4-8-13)1-2-12-5-9-14(10-6-12)16(17)18/h3-10H,1-2H2. The number of hydrogen-bond donors (Lipinski definition) is 0. The fourth-order valence-corrected chi connectivity index (χ4v) is 1.99. The number of nitro benzene ring substituents is 1. The third kappa shape index (κ3) is 3.40. The number of aryl methyl sites for hydroxylation is 2. The summed E-state index contributed by atoms with van der Waals surface area (Å²) >= 11 is 3.40. The van der Waals surface area contributed by atoms with Crippen LogP contribution in [0.2, 0.25) is 0 Å². The molecule has 0 aromatic heterocycles. The third-order valence-electron chi connectivity index (χ3n) is 2.76. The summed E-state index contributed by atoms with van der Waals surface area (Å²) in [5.41, 5.74) is 2.52. The van der Waals surface area contributed by atoms with Crippen molar-refractivity contribution in [1.29, 1.82) is 0 Å². The number of halogens is 1. The molecule has 0 bridgehead atoms. The Hall–Kier alpha value is -1.68. The second-order valence-electron chi connectivity index (χ2n) is 4.05. The van der Waals surface area contributed by atoms with Gasteiger partial charge in [0.25, 0.3) is 5.69 Å². The van der Waals surface area contributed by atoms with Gasteiger partial charge in [-0.2, -0.15) is 0 Å². The van der Waals surface area contributed by atoms with E-state index < -0.39 is 0 Å². The maximum Gasteiger partial charge on any atom is 0.269 e. The summed E-state index contributed by atoms with van der Waals surface area (Å²) in [5, 5.41) is 10.5. The van der Waals surface area contributed by atoms with Crippen LogP contribution in [0.4, 0.5) is 5.69 Å². The van der Waals surface area contributed by atoms with E-state index in [9.17, 15) is 10.1 Å². The molecule has 0 spiro atoms. The Balaban J connectivity index is 1.97. The van der Waals surface area contributed by atoms with Gasteiger partial charge in [-0.05, 0) is 36.1 Å². The van der Waals surface area contributed by atoms with Crippen LogP contribution in [0.5, 0.6) is 0 Å². The molecule has 2 aromatic carbocycles. The van der Waals surface area contributed by atoms with E-state index in [4.69, 9.17) is 0 Å². The van der Waals surface area contributed by atoms with Crippen LogP contribution in [0, 0.1) is 10.1 Å². The van der Waals surface area contributed by atoms with Crippen LogP contribution in [0.1, 0.15) is 11.1 Å². The smallest absolute Gasteiger partial charge is 0.258 e. The van der Waals surface area contributed by atoms with Crippen molar-refractivity contribution in [2.24, 2.45) is 0 Å². The molecule has 0 N–H and O–H groups in total. The number of nitro groups is 1. The lowest BCUT2D eigenvalue weighted by Crippen LogP contribution is -1.92. The van der Waals surface area contributed by atoms with Crippen LogP contribution < -0.4 is 0 Å². The van der Waals surface area contributed by atoms with Gasteiger partial charge in [-0.1, -0.05) is 40.2 Å². The molecule has 0 unspecified atom stereocenters. The van der Waals surface area contributed by atoms with Gasteiger partial charge in [0.05, 0.1) is 4.92 Å². The van der Waals surface area contributed by atoms with Gasteiger partial charge in [-0.25, -0.2) is 0 Å². The monoisotopic (exact) mass is 305 g/mol. The first-order chi connectivity index (χ1) is 8.65. The summed E-state index contributed by atoms with van der Waals surface area (Å²) in [6, 6.07) is 14.9. The second-order valence-corrected chi connectivity index (χ2v) is 4.97. The van der Waals surface area contributed by atoms with E-state index in [0.29, 0.717) is 0 Å². The van der Waals surface area contributed by atoms with Gasteiger partial charge in [-0.15, -0.1) is 0 Å². The number of rotatable bonds is 4. The normalized spacial score (nSPS) is 10.3. The van der Waals surface area contributed by atoms with E-state index in [1.54, 1.807) is 12.1 Å². The molecule has 18 heavy (non-hydrogen) atoms. The van der Waals surface area contributed by atoms with Crippen molar-refractivity contribution < 1.29 is 4.92 Å². The average Bonchev–Trinajstić information content (AvgIpc) is 2.38. The molecule has 3 nitrogen and oxygen atoms in total. The van der Waals surface area contributed by atoms with E-state index in [1.807, 2.05) is 24.3 Å².